The van der Waals surface area contributed by atoms with Crippen LogP contribution in [-0.2, 0) is 11.3 Å². The highest BCUT2D eigenvalue weighted by atomic mass is 16.3. The van der Waals surface area contributed by atoms with Gasteiger partial charge in [-0.05, 0) is 38.8 Å². The number of rotatable bonds is 3. The maximum absolute atomic E-state index is 13.8. The van der Waals surface area contributed by atoms with Crippen molar-refractivity contribution in [3.05, 3.63) is 53.9 Å². The van der Waals surface area contributed by atoms with Gasteiger partial charge in [-0.1, -0.05) is 43.4 Å². The quantitative estimate of drug-likeness (QED) is 0.620. The maximum Gasteiger partial charge on any atom is 0.276 e. The van der Waals surface area contributed by atoms with Gasteiger partial charge in [0.15, 0.2) is 5.58 Å². The van der Waals surface area contributed by atoms with E-state index in [1.54, 1.807) is 17.2 Å². The minimum absolute atomic E-state index is 0.0932. The number of aryl methyl sites for hydroxylation is 1. The molecule has 1 N–H and O–H groups in total. The van der Waals surface area contributed by atoms with E-state index in [4.69, 9.17) is 4.42 Å². The van der Waals surface area contributed by atoms with Gasteiger partial charge in [0.05, 0.1) is 18.3 Å². The number of benzene rings is 1. The Morgan fingerprint density at radius 2 is 1.81 bits per heavy atom. The van der Waals surface area contributed by atoms with Crippen molar-refractivity contribution in [1.82, 2.24) is 9.88 Å². The van der Waals surface area contributed by atoms with Crippen molar-refractivity contribution in [3.63, 3.8) is 0 Å². The van der Waals surface area contributed by atoms with Crippen molar-refractivity contribution in [1.29, 1.82) is 0 Å². The summed E-state index contributed by atoms with van der Waals surface area (Å²) in [4.78, 5) is 29.2. The van der Waals surface area contributed by atoms with Crippen LogP contribution in [0.4, 0.5) is 5.69 Å². The van der Waals surface area contributed by atoms with Crippen molar-refractivity contribution in [2.75, 3.05) is 4.90 Å². The van der Waals surface area contributed by atoms with Crippen LogP contribution in [0.3, 0.4) is 0 Å². The minimum atomic E-state index is -1.05. The van der Waals surface area contributed by atoms with Gasteiger partial charge in [-0.15, -0.1) is 0 Å². The number of amides is 2. The van der Waals surface area contributed by atoms with Crippen molar-refractivity contribution in [3.8, 4) is 0 Å². The second kappa shape index (κ2) is 7.59. The van der Waals surface area contributed by atoms with Gasteiger partial charge >= 0.3 is 0 Å². The number of carbonyl (C=O) groups excluding carboxylic acids is 2. The summed E-state index contributed by atoms with van der Waals surface area (Å²) in [5, 5.41) is 3.30. The van der Waals surface area contributed by atoms with Crippen LogP contribution in [0.25, 0.3) is 11.1 Å². The fourth-order valence-electron chi connectivity index (χ4n) is 5.08. The lowest BCUT2D eigenvalue weighted by Crippen LogP contribution is -2.65. The van der Waals surface area contributed by atoms with Gasteiger partial charge in [-0.2, -0.15) is 0 Å². The monoisotopic (exact) mass is 419 g/mol. The van der Waals surface area contributed by atoms with Gasteiger partial charge < -0.3 is 14.3 Å². The Balaban J connectivity index is 1.57. The number of fused-ring (bicyclic) bond motifs is 3. The number of carbonyl (C=O) groups is 2. The molecule has 1 saturated carbocycles. The van der Waals surface area contributed by atoms with E-state index in [1.165, 1.54) is 12.8 Å². The van der Waals surface area contributed by atoms with Crippen LogP contribution in [0.1, 0.15) is 61.5 Å². The maximum atomic E-state index is 13.8. The molecule has 3 aromatic rings. The zero-order valence-electron chi connectivity index (χ0n) is 18.2. The first-order valence-corrected chi connectivity index (χ1v) is 11.3. The molecular weight excluding hydrogens is 390 g/mol. The predicted molar refractivity (Wildman–Crippen MR) is 120 cm³/mol. The van der Waals surface area contributed by atoms with Crippen molar-refractivity contribution >= 4 is 28.6 Å². The summed E-state index contributed by atoms with van der Waals surface area (Å²) in [5.41, 5.74) is 2.86. The molecule has 1 aliphatic carbocycles. The van der Waals surface area contributed by atoms with Crippen LogP contribution in [0.15, 0.2) is 47.1 Å². The second-order valence-corrected chi connectivity index (χ2v) is 9.20. The van der Waals surface area contributed by atoms with Crippen LogP contribution in [-0.4, -0.2) is 28.0 Å². The van der Waals surface area contributed by atoms with Gasteiger partial charge in [0.25, 0.3) is 5.91 Å². The highest BCUT2D eigenvalue weighted by Gasteiger charge is 2.49. The first-order valence-electron chi connectivity index (χ1n) is 11.3. The smallest absolute Gasteiger partial charge is 0.276 e. The minimum Gasteiger partial charge on any atom is -0.463 e. The number of anilines is 1. The largest absolute Gasteiger partial charge is 0.463 e. The molecule has 5 rings (SSSR count). The van der Waals surface area contributed by atoms with Gasteiger partial charge in [0.1, 0.15) is 11.2 Å². The lowest BCUT2D eigenvalue weighted by molar-refractivity contribution is -0.127. The Morgan fingerprint density at radius 1 is 1.10 bits per heavy atom. The topological polar surface area (TPSA) is 67.5 Å². The van der Waals surface area contributed by atoms with Crippen LogP contribution in [0.2, 0.25) is 0 Å². The molecule has 6 nitrogen and oxygen atoms in total. The molecule has 0 saturated heterocycles. The molecule has 1 atom stereocenters. The van der Waals surface area contributed by atoms with Crippen molar-refractivity contribution < 1.29 is 14.0 Å². The Bertz CT molecular complexity index is 1120. The molecule has 1 fully saturated rings. The molecule has 0 spiro atoms. The van der Waals surface area contributed by atoms with Gasteiger partial charge in [0, 0.05) is 23.9 Å². The Labute approximate surface area is 182 Å². The Kier molecular flexibility index (Phi) is 4.88. The molecular formula is C25H29N3O3. The first-order chi connectivity index (χ1) is 15.0. The molecule has 0 radical (unpaired) electrons. The molecule has 3 heterocycles. The van der Waals surface area contributed by atoms with E-state index < -0.39 is 5.54 Å². The summed E-state index contributed by atoms with van der Waals surface area (Å²) in [6.07, 6.45) is 8.35. The van der Waals surface area contributed by atoms with Gasteiger partial charge in [-0.3, -0.25) is 14.5 Å². The molecule has 2 aliphatic rings. The number of nitrogens with zero attached hydrogens (tertiary/aromatic N) is 2. The van der Waals surface area contributed by atoms with E-state index in [2.05, 4.69) is 5.32 Å². The average molecular weight is 420 g/mol. The SMILES string of the molecule is Cc1ccc(N2C(=O)c3cc4occc4n3C[C@@]2(C)C(=O)NC2CCCCCC2)cc1. The third-order valence-electron chi connectivity index (χ3n) is 6.88. The summed E-state index contributed by atoms with van der Waals surface area (Å²) >= 11 is 0. The molecule has 1 aromatic carbocycles. The Hall–Kier alpha value is -3.02. The van der Waals surface area contributed by atoms with Gasteiger partial charge in [-0.25, -0.2) is 0 Å². The fourth-order valence-corrected chi connectivity index (χ4v) is 5.08. The standard InChI is InChI=1S/C25H29N3O3/c1-17-9-11-19(12-10-17)28-23(29)21-15-22-20(13-14-31-22)27(21)16-25(28,2)24(30)26-18-7-5-3-4-6-8-18/h9-15,18H,3-8,16H2,1-2H3,(H,26,30)/t25-/m0/s1. The highest BCUT2D eigenvalue weighted by Crippen LogP contribution is 2.36. The molecule has 0 unspecified atom stereocenters. The van der Waals surface area contributed by atoms with E-state index >= 15 is 0 Å². The van der Waals surface area contributed by atoms with Crippen LogP contribution in [0, 0.1) is 6.92 Å². The van der Waals surface area contributed by atoms with Crippen LogP contribution < -0.4 is 10.2 Å². The first kappa shape index (κ1) is 19.9. The zero-order valence-corrected chi connectivity index (χ0v) is 18.2. The van der Waals surface area contributed by atoms with E-state index in [1.807, 2.05) is 48.7 Å². The molecule has 0 bridgehead atoms. The summed E-state index contributed by atoms with van der Waals surface area (Å²) < 4.78 is 7.48. The molecule has 162 valence electrons. The number of aromatic nitrogens is 1. The normalized spacial score (nSPS) is 22.4. The Morgan fingerprint density at radius 3 is 2.52 bits per heavy atom. The molecule has 2 amide bonds. The molecule has 2 aromatic heterocycles. The van der Waals surface area contributed by atoms with E-state index in [0.717, 1.165) is 42.5 Å². The number of furan rings is 1. The second-order valence-electron chi connectivity index (χ2n) is 9.20. The van der Waals surface area contributed by atoms with E-state index in [9.17, 15) is 9.59 Å². The molecule has 31 heavy (non-hydrogen) atoms. The number of hydrogen-bond acceptors (Lipinski definition) is 3. The number of hydrogen-bond donors (Lipinski definition) is 1. The summed E-state index contributed by atoms with van der Waals surface area (Å²) in [6, 6.07) is 11.6. The lowest BCUT2D eigenvalue weighted by atomic mass is 9.92. The summed E-state index contributed by atoms with van der Waals surface area (Å²) in [6.45, 7) is 4.27. The lowest BCUT2D eigenvalue weighted by Gasteiger charge is -2.44. The summed E-state index contributed by atoms with van der Waals surface area (Å²) in [7, 11) is 0. The fraction of sp³-hybridized carbons (Fsp3) is 0.440. The number of nitrogens with one attached hydrogen (secondary N) is 1. The van der Waals surface area contributed by atoms with Crippen LogP contribution >= 0.6 is 0 Å². The average Bonchev–Trinajstić information content (AvgIpc) is 3.24. The zero-order chi connectivity index (χ0) is 21.6. The third-order valence-corrected chi connectivity index (χ3v) is 6.88. The highest BCUT2D eigenvalue weighted by molar-refractivity contribution is 6.13. The molecule has 1 aliphatic heterocycles. The van der Waals surface area contributed by atoms with Crippen molar-refractivity contribution in [2.45, 2.75) is 70.5 Å². The molecule has 6 heteroatoms. The van der Waals surface area contributed by atoms with E-state index in [-0.39, 0.29) is 17.9 Å². The van der Waals surface area contributed by atoms with Crippen molar-refractivity contribution in [2.24, 2.45) is 0 Å². The summed E-state index contributed by atoms with van der Waals surface area (Å²) in [5.74, 6) is -0.274. The third kappa shape index (κ3) is 3.34. The van der Waals surface area contributed by atoms with Crippen LogP contribution in [0.5, 0.6) is 0 Å². The van der Waals surface area contributed by atoms with Gasteiger partial charge in [0.2, 0.25) is 5.91 Å². The van der Waals surface area contributed by atoms with E-state index in [0.29, 0.717) is 17.8 Å². The predicted octanol–water partition coefficient (Wildman–Crippen LogP) is 4.80.